The van der Waals surface area contributed by atoms with Crippen molar-refractivity contribution in [2.75, 3.05) is 33.7 Å². The van der Waals surface area contributed by atoms with Crippen LogP contribution in [0.2, 0.25) is 0 Å². The van der Waals surface area contributed by atoms with Crippen LogP contribution in [-0.4, -0.2) is 61.8 Å². The molecule has 1 fully saturated rings. The second kappa shape index (κ2) is 4.97. The maximum Gasteiger partial charge on any atom is 0.418 e. The molecular formula is C9H17N3O3. The van der Waals surface area contributed by atoms with Crippen LogP contribution in [0.1, 0.15) is 6.92 Å². The lowest BCUT2D eigenvalue weighted by molar-refractivity contribution is 0.0952. The van der Waals surface area contributed by atoms with Crippen molar-refractivity contribution < 1.29 is 14.3 Å². The molecule has 1 N–H and O–H groups in total. The van der Waals surface area contributed by atoms with Gasteiger partial charge in [0.1, 0.15) is 0 Å². The maximum atomic E-state index is 11.5. The van der Waals surface area contributed by atoms with Crippen LogP contribution < -0.4 is 5.32 Å². The van der Waals surface area contributed by atoms with E-state index in [4.69, 9.17) is 0 Å². The summed E-state index contributed by atoms with van der Waals surface area (Å²) in [6.45, 7) is 3.85. The Balaban J connectivity index is 2.42. The summed E-state index contributed by atoms with van der Waals surface area (Å²) in [6, 6.07) is 0.237. The molecule has 86 valence electrons. The predicted molar refractivity (Wildman–Crippen MR) is 54.6 cm³/mol. The fourth-order valence-electron chi connectivity index (χ4n) is 1.33. The Hall–Kier alpha value is -1.30. The van der Waals surface area contributed by atoms with Gasteiger partial charge in [-0.05, 0) is 6.92 Å². The Bertz CT molecular complexity index is 255. The predicted octanol–water partition coefficient (Wildman–Crippen LogP) is 0.0983. The van der Waals surface area contributed by atoms with Gasteiger partial charge >= 0.3 is 12.2 Å². The minimum absolute atomic E-state index is 0.237. The van der Waals surface area contributed by atoms with Crippen molar-refractivity contribution in [1.29, 1.82) is 0 Å². The van der Waals surface area contributed by atoms with Crippen LogP contribution in [-0.2, 0) is 4.74 Å². The Kier molecular flexibility index (Phi) is 3.90. The highest BCUT2D eigenvalue weighted by Crippen LogP contribution is 2.02. The number of amides is 2. The number of piperazine rings is 1. The van der Waals surface area contributed by atoms with Gasteiger partial charge in [0.15, 0.2) is 0 Å². The minimum atomic E-state index is -0.633. The molecule has 1 atom stereocenters. The summed E-state index contributed by atoms with van der Waals surface area (Å²) in [7, 11) is 3.08. The highest BCUT2D eigenvalue weighted by atomic mass is 16.6. The van der Waals surface area contributed by atoms with Crippen molar-refractivity contribution in [3.8, 4) is 0 Å². The molecule has 0 saturated carbocycles. The molecule has 1 aliphatic rings. The lowest BCUT2D eigenvalue weighted by atomic mass is 10.2. The molecule has 2 amide bonds. The summed E-state index contributed by atoms with van der Waals surface area (Å²) in [5.74, 6) is 0. The van der Waals surface area contributed by atoms with Crippen LogP contribution >= 0.6 is 0 Å². The molecule has 6 heteroatoms. The van der Waals surface area contributed by atoms with Crippen LogP contribution in [0.4, 0.5) is 9.59 Å². The molecule has 0 radical (unpaired) electrons. The summed E-state index contributed by atoms with van der Waals surface area (Å²) in [4.78, 5) is 25.4. The fourth-order valence-corrected chi connectivity index (χ4v) is 1.33. The van der Waals surface area contributed by atoms with Crippen LogP contribution in [0.15, 0.2) is 0 Å². The van der Waals surface area contributed by atoms with Gasteiger partial charge in [0.05, 0.1) is 0 Å². The Morgan fingerprint density at radius 3 is 2.67 bits per heavy atom. The Morgan fingerprint density at radius 1 is 1.47 bits per heavy atom. The number of hydrogen-bond donors (Lipinski definition) is 1. The third-order valence-corrected chi connectivity index (χ3v) is 2.17. The SMILES string of the molecule is CC1CN(C(=O)OC(=O)N(C)C)CCN1. The van der Waals surface area contributed by atoms with Crippen molar-refractivity contribution >= 4 is 12.2 Å². The lowest BCUT2D eigenvalue weighted by Crippen LogP contribution is -2.52. The zero-order valence-electron chi connectivity index (χ0n) is 9.32. The number of nitrogens with zero attached hydrogens (tertiary/aromatic N) is 2. The van der Waals surface area contributed by atoms with E-state index in [1.807, 2.05) is 6.92 Å². The van der Waals surface area contributed by atoms with E-state index in [1.54, 1.807) is 0 Å². The Morgan fingerprint density at radius 2 is 2.13 bits per heavy atom. The largest absolute Gasteiger partial charge is 0.418 e. The zero-order chi connectivity index (χ0) is 11.4. The van der Waals surface area contributed by atoms with Crippen LogP contribution in [0.3, 0.4) is 0 Å². The first kappa shape index (κ1) is 11.8. The first-order valence-corrected chi connectivity index (χ1v) is 4.92. The normalized spacial score (nSPS) is 21.0. The van der Waals surface area contributed by atoms with Crippen molar-refractivity contribution in [3.05, 3.63) is 0 Å². The highest BCUT2D eigenvalue weighted by molar-refractivity contribution is 5.83. The van der Waals surface area contributed by atoms with Gasteiger partial charge < -0.3 is 19.9 Å². The van der Waals surface area contributed by atoms with Crippen molar-refractivity contribution in [2.45, 2.75) is 13.0 Å². The zero-order valence-corrected chi connectivity index (χ0v) is 9.32. The molecule has 1 saturated heterocycles. The molecular weight excluding hydrogens is 198 g/mol. The summed E-state index contributed by atoms with van der Waals surface area (Å²) in [5.41, 5.74) is 0. The van der Waals surface area contributed by atoms with Gasteiger partial charge in [-0.2, -0.15) is 0 Å². The summed E-state index contributed by atoms with van der Waals surface area (Å²) >= 11 is 0. The molecule has 15 heavy (non-hydrogen) atoms. The lowest BCUT2D eigenvalue weighted by Gasteiger charge is -2.30. The van der Waals surface area contributed by atoms with Crippen molar-refractivity contribution in [2.24, 2.45) is 0 Å². The topological polar surface area (TPSA) is 61.9 Å². The van der Waals surface area contributed by atoms with E-state index in [0.29, 0.717) is 13.1 Å². The molecule has 0 aromatic rings. The molecule has 0 spiro atoms. The Labute approximate surface area is 89.2 Å². The number of rotatable bonds is 0. The fraction of sp³-hybridized carbons (Fsp3) is 0.778. The van der Waals surface area contributed by atoms with E-state index in [9.17, 15) is 9.59 Å². The summed E-state index contributed by atoms with van der Waals surface area (Å²) < 4.78 is 4.65. The molecule has 1 aliphatic heterocycles. The van der Waals surface area contributed by atoms with Crippen LogP contribution in [0, 0.1) is 0 Å². The van der Waals surface area contributed by atoms with Crippen LogP contribution in [0.25, 0.3) is 0 Å². The van der Waals surface area contributed by atoms with Crippen molar-refractivity contribution in [3.63, 3.8) is 0 Å². The second-order valence-corrected chi connectivity index (χ2v) is 3.83. The van der Waals surface area contributed by atoms with Gasteiger partial charge in [-0.25, -0.2) is 9.59 Å². The van der Waals surface area contributed by atoms with Crippen molar-refractivity contribution in [1.82, 2.24) is 15.1 Å². The molecule has 1 heterocycles. The van der Waals surface area contributed by atoms with Gasteiger partial charge in [-0.3, -0.25) is 0 Å². The number of nitrogens with one attached hydrogen (secondary N) is 1. The molecule has 0 bridgehead atoms. The number of ether oxygens (including phenoxy) is 1. The van der Waals surface area contributed by atoms with Gasteiger partial charge in [-0.15, -0.1) is 0 Å². The molecule has 1 rings (SSSR count). The highest BCUT2D eigenvalue weighted by Gasteiger charge is 2.24. The smallest absolute Gasteiger partial charge is 0.359 e. The van der Waals surface area contributed by atoms with Gasteiger partial charge in [0.2, 0.25) is 0 Å². The first-order valence-electron chi connectivity index (χ1n) is 4.92. The third-order valence-electron chi connectivity index (χ3n) is 2.17. The van der Waals surface area contributed by atoms with E-state index in [-0.39, 0.29) is 6.04 Å². The standard InChI is InChI=1S/C9H17N3O3/c1-7-6-12(5-4-10-7)9(14)15-8(13)11(2)3/h7,10H,4-6H2,1-3H3. The van der Waals surface area contributed by atoms with E-state index in [2.05, 4.69) is 10.1 Å². The molecule has 0 aromatic carbocycles. The van der Waals surface area contributed by atoms with E-state index >= 15 is 0 Å². The summed E-state index contributed by atoms with van der Waals surface area (Å²) in [6.07, 6.45) is -1.20. The minimum Gasteiger partial charge on any atom is -0.359 e. The number of carbonyl (C=O) groups is 2. The molecule has 6 nitrogen and oxygen atoms in total. The average molecular weight is 215 g/mol. The van der Waals surface area contributed by atoms with Gasteiger partial charge in [0.25, 0.3) is 0 Å². The van der Waals surface area contributed by atoms with Crippen LogP contribution in [0.5, 0.6) is 0 Å². The monoisotopic (exact) mass is 215 g/mol. The molecule has 0 aromatic heterocycles. The van der Waals surface area contributed by atoms with E-state index < -0.39 is 12.2 Å². The quantitative estimate of drug-likeness (QED) is 0.582. The number of carbonyl (C=O) groups excluding carboxylic acids is 2. The van der Waals surface area contributed by atoms with E-state index in [0.717, 1.165) is 6.54 Å². The molecule has 1 unspecified atom stereocenters. The number of hydrogen-bond acceptors (Lipinski definition) is 4. The summed E-state index contributed by atoms with van der Waals surface area (Å²) in [5, 5.41) is 3.20. The second-order valence-electron chi connectivity index (χ2n) is 3.83. The molecule has 0 aliphatic carbocycles. The van der Waals surface area contributed by atoms with Gasteiger partial charge in [0, 0.05) is 39.8 Å². The maximum absolute atomic E-state index is 11.5. The first-order chi connectivity index (χ1) is 7.00. The van der Waals surface area contributed by atoms with Gasteiger partial charge in [-0.1, -0.05) is 0 Å². The average Bonchev–Trinajstić information content (AvgIpc) is 2.17. The third kappa shape index (κ3) is 3.39. The van der Waals surface area contributed by atoms with E-state index in [1.165, 1.54) is 23.9 Å².